The number of rotatable bonds is 2. The van der Waals surface area contributed by atoms with Crippen LogP contribution in [0.25, 0.3) is 22.2 Å². The number of hydrogen-bond acceptors (Lipinski definition) is 2. The molecule has 5 nitrogen and oxygen atoms in total. The number of nitrogens with zero attached hydrogens (tertiary/aromatic N) is 3. The lowest BCUT2D eigenvalue weighted by Crippen LogP contribution is -2.04. The molecule has 0 aliphatic heterocycles. The van der Waals surface area contributed by atoms with Crippen molar-refractivity contribution in [2.24, 2.45) is 14.1 Å². The van der Waals surface area contributed by atoms with E-state index in [9.17, 15) is 4.79 Å². The molecule has 2 aromatic heterocycles. The second kappa shape index (κ2) is 4.38. The maximum absolute atomic E-state index is 11.1. The van der Waals surface area contributed by atoms with Gasteiger partial charge < -0.3 is 9.67 Å². The summed E-state index contributed by atoms with van der Waals surface area (Å²) in [4.78, 5) is 11.1. The minimum absolute atomic E-state index is 0.152. The molecule has 6 heteroatoms. The average Bonchev–Trinajstić information content (AvgIpc) is 2.91. The molecule has 102 valence electrons. The molecule has 0 unspecified atom stereocenters. The number of aromatic nitrogens is 3. The maximum atomic E-state index is 11.1. The van der Waals surface area contributed by atoms with E-state index in [4.69, 9.17) is 16.7 Å². The Morgan fingerprint density at radius 1 is 1.35 bits per heavy atom. The molecule has 0 spiro atoms. The zero-order chi connectivity index (χ0) is 14.4. The van der Waals surface area contributed by atoms with Crippen molar-refractivity contribution in [3.63, 3.8) is 0 Å². The molecule has 0 saturated carbocycles. The molecular formula is C14H12ClN3O2. The van der Waals surface area contributed by atoms with Crippen LogP contribution in [0.2, 0.25) is 5.02 Å². The molecule has 1 N–H and O–H groups in total. The van der Waals surface area contributed by atoms with Crippen molar-refractivity contribution in [1.29, 1.82) is 0 Å². The van der Waals surface area contributed by atoms with E-state index in [1.807, 2.05) is 36.0 Å². The summed E-state index contributed by atoms with van der Waals surface area (Å²) in [5.74, 6) is -0.996. The molecule has 3 aromatic rings. The fraction of sp³-hybridized carbons (Fsp3) is 0.143. The minimum Gasteiger partial charge on any atom is -0.477 e. The van der Waals surface area contributed by atoms with Gasteiger partial charge in [0.2, 0.25) is 0 Å². The lowest BCUT2D eigenvalue weighted by Gasteiger charge is -1.98. The Balaban J connectivity index is 2.28. The molecule has 2 heterocycles. The van der Waals surface area contributed by atoms with E-state index < -0.39 is 5.97 Å². The van der Waals surface area contributed by atoms with Crippen LogP contribution < -0.4 is 0 Å². The summed E-state index contributed by atoms with van der Waals surface area (Å²) in [5.41, 5.74) is 2.55. The molecular weight excluding hydrogens is 278 g/mol. The largest absolute Gasteiger partial charge is 0.477 e. The van der Waals surface area contributed by atoms with Crippen LogP contribution >= 0.6 is 11.6 Å². The first-order valence-electron chi connectivity index (χ1n) is 6.00. The van der Waals surface area contributed by atoms with Gasteiger partial charge in [0.15, 0.2) is 0 Å². The van der Waals surface area contributed by atoms with Gasteiger partial charge in [0.05, 0.1) is 16.2 Å². The molecule has 0 bridgehead atoms. The zero-order valence-corrected chi connectivity index (χ0v) is 11.7. The van der Waals surface area contributed by atoms with Crippen LogP contribution in [0.15, 0.2) is 30.5 Å². The second-order valence-corrected chi connectivity index (χ2v) is 5.04. The van der Waals surface area contributed by atoms with E-state index in [2.05, 4.69) is 5.10 Å². The third-order valence-corrected chi connectivity index (χ3v) is 3.63. The number of carbonyl (C=O) groups is 1. The van der Waals surface area contributed by atoms with Gasteiger partial charge in [-0.15, -0.1) is 0 Å². The van der Waals surface area contributed by atoms with Gasteiger partial charge in [-0.2, -0.15) is 5.10 Å². The normalized spacial score (nSPS) is 11.2. The highest BCUT2D eigenvalue weighted by Gasteiger charge is 2.17. The number of para-hydroxylation sites is 1. The summed E-state index contributed by atoms with van der Waals surface area (Å²) < 4.78 is 3.28. The molecule has 1 aromatic carbocycles. The van der Waals surface area contributed by atoms with Crippen LogP contribution in [0.5, 0.6) is 0 Å². The minimum atomic E-state index is -0.996. The maximum Gasteiger partial charge on any atom is 0.354 e. The molecule has 0 saturated heterocycles. The van der Waals surface area contributed by atoms with Crippen LogP contribution in [0, 0.1) is 0 Å². The Morgan fingerprint density at radius 2 is 2.10 bits per heavy atom. The summed E-state index contributed by atoms with van der Waals surface area (Å²) in [6.45, 7) is 0. The number of benzene rings is 1. The summed E-state index contributed by atoms with van der Waals surface area (Å²) in [6.07, 6.45) is 1.91. The first-order valence-corrected chi connectivity index (χ1v) is 6.38. The van der Waals surface area contributed by atoms with Gasteiger partial charge in [-0.1, -0.05) is 23.7 Å². The fourth-order valence-electron chi connectivity index (χ4n) is 2.42. The number of fused-ring (bicyclic) bond motifs is 1. The van der Waals surface area contributed by atoms with E-state index in [1.54, 1.807) is 13.1 Å². The van der Waals surface area contributed by atoms with Crippen LogP contribution in [-0.2, 0) is 14.1 Å². The number of aryl methyl sites for hydroxylation is 2. The van der Waals surface area contributed by atoms with Gasteiger partial charge in [-0.3, -0.25) is 4.68 Å². The lowest BCUT2D eigenvalue weighted by molar-refractivity contribution is 0.0685. The molecule has 3 rings (SSSR count). The quantitative estimate of drug-likeness (QED) is 0.789. The summed E-state index contributed by atoms with van der Waals surface area (Å²) >= 11 is 6.21. The van der Waals surface area contributed by atoms with Gasteiger partial charge >= 0.3 is 5.97 Å². The predicted octanol–water partition coefficient (Wildman–Crippen LogP) is 2.93. The first-order chi connectivity index (χ1) is 9.49. The highest BCUT2D eigenvalue weighted by molar-refractivity contribution is 6.35. The molecule has 0 atom stereocenters. The van der Waals surface area contributed by atoms with Crippen LogP contribution in [-0.4, -0.2) is 25.4 Å². The summed E-state index contributed by atoms with van der Waals surface area (Å²) in [5, 5.41) is 15.0. The van der Waals surface area contributed by atoms with Crippen LogP contribution in [0.1, 0.15) is 10.5 Å². The molecule has 20 heavy (non-hydrogen) atoms. The Bertz CT molecular complexity index is 832. The zero-order valence-electron chi connectivity index (χ0n) is 11.0. The van der Waals surface area contributed by atoms with E-state index in [1.165, 1.54) is 4.68 Å². The lowest BCUT2D eigenvalue weighted by atomic mass is 10.1. The van der Waals surface area contributed by atoms with Gasteiger partial charge in [0.1, 0.15) is 5.69 Å². The highest BCUT2D eigenvalue weighted by atomic mass is 35.5. The van der Waals surface area contributed by atoms with Gasteiger partial charge in [0, 0.05) is 31.2 Å². The van der Waals surface area contributed by atoms with Crippen molar-refractivity contribution in [2.75, 3.05) is 0 Å². The smallest absolute Gasteiger partial charge is 0.354 e. The fourth-order valence-corrected chi connectivity index (χ4v) is 2.73. The molecule has 0 aliphatic carbocycles. The summed E-state index contributed by atoms with van der Waals surface area (Å²) in [6, 6.07) is 7.22. The Kier molecular flexibility index (Phi) is 2.79. The number of aromatic carboxylic acids is 1. The van der Waals surface area contributed by atoms with Crippen molar-refractivity contribution in [2.45, 2.75) is 0 Å². The third-order valence-electron chi connectivity index (χ3n) is 3.33. The Labute approximate surface area is 120 Å². The number of halogens is 1. The van der Waals surface area contributed by atoms with E-state index in [0.717, 1.165) is 16.5 Å². The number of hydrogen-bond donors (Lipinski definition) is 1. The van der Waals surface area contributed by atoms with E-state index in [-0.39, 0.29) is 5.69 Å². The molecule has 0 radical (unpaired) electrons. The van der Waals surface area contributed by atoms with Gasteiger partial charge in [-0.25, -0.2) is 4.79 Å². The Morgan fingerprint density at radius 3 is 2.75 bits per heavy atom. The SMILES string of the molecule is Cn1nc(-c2cn(C)c3c(Cl)cccc23)cc1C(=O)O. The second-order valence-electron chi connectivity index (χ2n) is 4.63. The monoisotopic (exact) mass is 289 g/mol. The van der Waals surface area contributed by atoms with Crippen molar-refractivity contribution >= 4 is 28.5 Å². The summed E-state index contributed by atoms with van der Waals surface area (Å²) in [7, 11) is 3.52. The van der Waals surface area contributed by atoms with E-state index >= 15 is 0 Å². The third kappa shape index (κ3) is 1.78. The topological polar surface area (TPSA) is 60.0 Å². The number of carboxylic acids is 1. The van der Waals surface area contributed by atoms with Gasteiger partial charge in [-0.05, 0) is 12.1 Å². The van der Waals surface area contributed by atoms with Crippen molar-refractivity contribution in [3.05, 3.63) is 41.2 Å². The standard InChI is InChI=1S/C14H12ClN3O2/c1-17-7-9(8-4-3-5-10(15)13(8)17)11-6-12(14(19)20)18(2)16-11/h3-7H,1-2H3,(H,19,20). The van der Waals surface area contributed by atoms with Crippen LogP contribution in [0.4, 0.5) is 0 Å². The molecule has 0 fully saturated rings. The molecule has 0 amide bonds. The van der Waals surface area contributed by atoms with Crippen molar-refractivity contribution in [3.8, 4) is 11.3 Å². The Hall–Kier alpha value is -2.27. The van der Waals surface area contributed by atoms with Crippen LogP contribution in [0.3, 0.4) is 0 Å². The van der Waals surface area contributed by atoms with Crippen molar-refractivity contribution < 1.29 is 9.90 Å². The molecule has 0 aliphatic rings. The average molecular weight is 290 g/mol. The number of carboxylic acid groups (broad SMARTS) is 1. The van der Waals surface area contributed by atoms with E-state index in [0.29, 0.717) is 10.7 Å². The predicted molar refractivity (Wildman–Crippen MR) is 77.1 cm³/mol. The first kappa shape index (κ1) is 12.7. The van der Waals surface area contributed by atoms with Gasteiger partial charge in [0.25, 0.3) is 0 Å². The van der Waals surface area contributed by atoms with Crippen molar-refractivity contribution in [1.82, 2.24) is 14.3 Å². The highest BCUT2D eigenvalue weighted by Crippen LogP contribution is 2.33.